The van der Waals surface area contributed by atoms with E-state index in [-0.39, 0.29) is 17.7 Å². The summed E-state index contributed by atoms with van der Waals surface area (Å²) < 4.78 is 0. The minimum Gasteiger partial charge on any atom is -0.481 e. The summed E-state index contributed by atoms with van der Waals surface area (Å²) in [4.78, 5) is 37.9. The molecule has 3 aliphatic rings. The molecule has 146 valence electrons. The van der Waals surface area contributed by atoms with Crippen molar-refractivity contribution in [1.82, 2.24) is 0 Å². The largest absolute Gasteiger partial charge is 0.481 e. The van der Waals surface area contributed by atoms with Crippen LogP contribution in [0.15, 0.2) is 0 Å². The first-order chi connectivity index (χ1) is 12.9. The summed E-state index contributed by atoms with van der Waals surface area (Å²) in [7, 11) is 0. The van der Waals surface area contributed by atoms with E-state index in [2.05, 4.69) is 12.2 Å². The number of carboxylic acids is 1. The van der Waals surface area contributed by atoms with Crippen LogP contribution in [0, 0.1) is 29.6 Å². The maximum absolute atomic E-state index is 13.0. The van der Waals surface area contributed by atoms with Gasteiger partial charge in [0.15, 0.2) is 0 Å². The van der Waals surface area contributed by atoms with Gasteiger partial charge in [0.2, 0.25) is 5.91 Å². The van der Waals surface area contributed by atoms with Crippen LogP contribution in [0.1, 0.15) is 59.8 Å². The number of fused-ring (bicyclic) bond motifs is 3. The molecule has 0 spiro atoms. The number of carboxylic acid groups (broad SMARTS) is 1. The molecule has 0 unspecified atom stereocenters. The Morgan fingerprint density at radius 2 is 1.89 bits per heavy atom. The van der Waals surface area contributed by atoms with Gasteiger partial charge < -0.3 is 16.2 Å². The van der Waals surface area contributed by atoms with E-state index >= 15 is 0 Å². The maximum Gasteiger partial charge on any atom is 0.307 e. The number of rotatable bonds is 5. The predicted molar refractivity (Wildman–Crippen MR) is 103 cm³/mol. The number of hydrogen-bond acceptors (Lipinski definition) is 4. The number of anilines is 1. The Balaban J connectivity index is 1.61. The van der Waals surface area contributed by atoms with Gasteiger partial charge in [0, 0.05) is 4.88 Å². The SMILES string of the molecule is CC[C@@H]1CCc2c(sc(NC(=O)[C@H]3[C@H]4CC[C@@H](C4)[C@H]3C(=O)O)c2C(N)=O)C1. The van der Waals surface area contributed by atoms with Gasteiger partial charge in [-0.1, -0.05) is 13.3 Å². The van der Waals surface area contributed by atoms with Crippen LogP contribution in [0.2, 0.25) is 0 Å². The zero-order valence-corrected chi connectivity index (χ0v) is 16.3. The highest BCUT2D eigenvalue weighted by molar-refractivity contribution is 7.17. The Bertz CT molecular complexity index is 802. The number of thiophene rings is 1. The molecule has 2 bridgehead atoms. The molecule has 1 aromatic heterocycles. The van der Waals surface area contributed by atoms with Crippen molar-refractivity contribution in [2.45, 2.75) is 51.9 Å². The molecule has 6 nitrogen and oxygen atoms in total. The standard InChI is InChI=1S/C20H26N2O4S/c1-2-9-3-6-12-13(7-9)27-19(16(12)17(21)23)22-18(24)14-10-4-5-11(8-10)15(14)20(25)26/h9-11,14-15H,2-8H2,1H3,(H2,21,23)(H,22,24)(H,25,26)/t9-,10+,11+,14+,15-/m1/s1. The van der Waals surface area contributed by atoms with E-state index in [0.29, 0.717) is 16.5 Å². The van der Waals surface area contributed by atoms with Gasteiger partial charge in [-0.25, -0.2) is 0 Å². The average molecular weight is 391 g/mol. The Kier molecular flexibility index (Phi) is 4.74. The van der Waals surface area contributed by atoms with Crippen LogP contribution in [-0.2, 0) is 22.4 Å². The van der Waals surface area contributed by atoms with E-state index in [9.17, 15) is 19.5 Å². The van der Waals surface area contributed by atoms with Crippen molar-refractivity contribution in [3.63, 3.8) is 0 Å². The lowest BCUT2D eigenvalue weighted by Crippen LogP contribution is -2.38. The molecule has 27 heavy (non-hydrogen) atoms. The summed E-state index contributed by atoms with van der Waals surface area (Å²) in [6.45, 7) is 2.17. The Morgan fingerprint density at radius 1 is 1.19 bits per heavy atom. The maximum atomic E-state index is 13.0. The zero-order valence-electron chi connectivity index (χ0n) is 15.5. The first-order valence-electron chi connectivity index (χ1n) is 9.88. The van der Waals surface area contributed by atoms with E-state index in [1.807, 2.05) is 0 Å². The van der Waals surface area contributed by atoms with E-state index in [0.717, 1.165) is 55.4 Å². The molecule has 5 atom stereocenters. The predicted octanol–water partition coefficient (Wildman–Crippen LogP) is 3.05. The van der Waals surface area contributed by atoms with Crippen LogP contribution in [0.3, 0.4) is 0 Å². The molecular formula is C20H26N2O4S. The van der Waals surface area contributed by atoms with Gasteiger partial charge in [-0.3, -0.25) is 14.4 Å². The first-order valence-corrected chi connectivity index (χ1v) is 10.7. The summed E-state index contributed by atoms with van der Waals surface area (Å²) in [5.41, 5.74) is 7.06. The Labute approximate surface area is 162 Å². The van der Waals surface area contributed by atoms with Crippen molar-refractivity contribution < 1.29 is 19.5 Å². The third-order valence-corrected chi connectivity index (χ3v) is 8.10. The van der Waals surface area contributed by atoms with E-state index in [1.54, 1.807) is 0 Å². The van der Waals surface area contributed by atoms with Crippen LogP contribution in [0.4, 0.5) is 5.00 Å². The van der Waals surface area contributed by atoms with Crippen LogP contribution in [-0.4, -0.2) is 22.9 Å². The minimum absolute atomic E-state index is 0.0979. The molecule has 0 aromatic carbocycles. The third kappa shape index (κ3) is 3.06. The summed E-state index contributed by atoms with van der Waals surface area (Å²) in [5.74, 6) is -1.95. The molecule has 0 radical (unpaired) electrons. The number of aliphatic carboxylic acids is 1. The van der Waals surface area contributed by atoms with Crippen molar-refractivity contribution in [3.05, 3.63) is 16.0 Å². The van der Waals surface area contributed by atoms with Gasteiger partial charge in [0.05, 0.1) is 17.4 Å². The topological polar surface area (TPSA) is 109 Å². The lowest BCUT2D eigenvalue weighted by atomic mass is 9.78. The summed E-state index contributed by atoms with van der Waals surface area (Å²) in [6.07, 6.45) is 6.47. The fourth-order valence-corrected chi connectivity index (χ4v) is 6.94. The summed E-state index contributed by atoms with van der Waals surface area (Å²) in [6, 6.07) is 0. The smallest absolute Gasteiger partial charge is 0.307 e. The molecule has 4 rings (SSSR count). The number of primary amides is 1. The molecule has 1 aromatic rings. The number of hydrogen-bond donors (Lipinski definition) is 3. The highest BCUT2D eigenvalue weighted by Gasteiger charge is 2.54. The average Bonchev–Trinajstić information content (AvgIpc) is 3.32. The Hall–Kier alpha value is -1.89. The highest BCUT2D eigenvalue weighted by Crippen LogP contribution is 2.53. The van der Waals surface area contributed by atoms with Gasteiger partial charge in [-0.05, 0) is 61.8 Å². The van der Waals surface area contributed by atoms with Crippen molar-refractivity contribution >= 4 is 34.1 Å². The molecule has 2 saturated carbocycles. The molecule has 2 fully saturated rings. The Morgan fingerprint density at radius 3 is 2.52 bits per heavy atom. The first kappa shape index (κ1) is 18.5. The fraction of sp³-hybridized carbons (Fsp3) is 0.650. The van der Waals surface area contributed by atoms with Gasteiger partial charge in [0.25, 0.3) is 5.91 Å². The molecule has 4 N–H and O–H groups in total. The highest BCUT2D eigenvalue weighted by atomic mass is 32.1. The van der Waals surface area contributed by atoms with Crippen molar-refractivity contribution in [3.8, 4) is 0 Å². The molecule has 0 aliphatic heterocycles. The lowest BCUT2D eigenvalue weighted by Gasteiger charge is -2.26. The number of nitrogens with two attached hydrogens (primary N) is 1. The molecule has 0 saturated heterocycles. The quantitative estimate of drug-likeness (QED) is 0.718. The molecule has 7 heteroatoms. The second-order valence-corrected chi connectivity index (χ2v) is 9.41. The van der Waals surface area contributed by atoms with Gasteiger partial charge in [-0.15, -0.1) is 11.3 Å². The molecular weight excluding hydrogens is 364 g/mol. The fourth-order valence-electron chi connectivity index (χ4n) is 5.57. The van der Waals surface area contributed by atoms with Gasteiger partial charge in [0.1, 0.15) is 5.00 Å². The third-order valence-electron chi connectivity index (χ3n) is 6.93. The van der Waals surface area contributed by atoms with Crippen molar-refractivity contribution in [2.75, 3.05) is 5.32 Å². The van der Waals surface area contributed by atoms with Crippen LogP contribution in [0.25, 0.3) is 0 Å². The molecule has 2 amide bonds. The second kappa shape index (κ2) is 6.93. The van der Waals surface area contributed by atoms with Crippen LogP contribution < -0.4 is 11.1 Å². The zero-order chi connectivity index (χ0) is 19.3. The number of nitrogens with one attached hydrogen (secondary N) is 1. The van der Waals surface area contributed by atoms with Gasteiger partial charge in [-0.2, -0.15) is 0 Å². The number of amides is 2. The monoisotopic (exact) mass is 390 g/mol. The van der Waals surface area contributed by atoms with Crippen molar-refractivity contribution in [1.29, 1.82) is 0 Å². The number of carbonyl (C=O) groups excluding carboxylic acids is 2. The van der Waals surface area contributed by atoms with E-state index in [1.165, 1.54) is 11.3 Å². The van der Waals surface area contributed by atoms with Crippen LogP contribution in [0.5, 0.6) is 0 Å². The van der Waals surface area contributed by atoms with Gasteiger partial charge >= 0.3 is 5.97 Å². The lowest BCUT2D eigenvalue weighted by molar-refractivity contribution is -0.148. The molecule has 1 heterocycles. The van der Waals surface area contributed by atoms with E-state index < -0.39 is 23.7 Å². The van der Waals surface area contributed by atoms with Crippen molar-refractivity contribution in [2.24, 2.45) is 35.3 Å². The summed E-state index contributed by atoms with van der Waals surface area (Å²) >= 11 is 1.45. The normalized spacial score (nSPS) is 31.5. The minimum atomic E-state index is -0.881. The van der Waals surface area contributed by atoms with Crippen LogP contribution >= 0.6 is 11.3 Å². The van der Waals surface area contributed by atoms with E-state index in [4.69, 9.17) is 5.73 Å². The molecule has 3 aliphatic carbocycles. The second-order valence-electron chi connectivity index (χ2n) is 8.30. The number of carbonyl (C=O) groups is 3. The summed E-state index contributed by atoms with van der Waals surface area (Å²) in [5, 5.41) is 13.0.